The van der Waals surface area contributed by atoms with Gasteiger partial charge in [0.25, 0.3) is 5.89 Å². The van der Waals surface area contributed by atoms with Gasteiger partial charge in [0, 0.05) is 12.7 Å². The number of hydrogen-bond donors (Lipinski definition) is 1. The van der Waals surface area contributed by atoms with Crippen molar-refractivity contribution in [3.63, 3.8) is 0 Å². The van der Waals surface area contributed by atoms with Gasteiger partial charge in [0.2, 0.25) is 11.8 Å². The summed E-state index contributed by atoms with van der Waals surface area (Å²) in [5, 5.41) is 6.45. The van der Waals surface area contributed by atoms with E-state index >= 15 is 0 Å². The number of fused-ring (bicyclic) bond motifs is 1. The van der Waals surface area contributed by atoms with Crippen LogP contribution in [0.4, 0.5) is 36.4 Å². The summed E-state index contributed by atoms with van der Waals surface area (Å²) in [7, 11) is -3.75. The van der Waals surface area contributed by atoms with Gasteiger partial charge in [0.1, 0.15) is 5.75 Å². The Morgan fingerprint density at radius 1 is 1.05 bits per heavy atom. The fourth-order valence-corrected chi connectivity index (χ4v) is 5.34. The molecule has 10 nitrogen and oxygen atoms in total. The molecular formula is C22H17F7N4O6S. The molecule has 1 aliphatic rings. The molecule has 40 heavy (non-hydrogen) atoms. The van der Waals surface area contributed by atoms with Crippen LogP contribution in [0.3, 0.4) is 0 Å². The highest BCUT2D eigenvalue weighted by atomic mass is 32.2. The first-order chi connectivity index (χ1) is 18.4. The molecule has 4 rings (SSSR count). The van der Waals surface area contributed by atoms with Crippen LogP contribution in [0.25, 0.3) is 11.5 Å². The maximum atomic E-state index is 14.5. The molecule has 0 radical (unpaired) electrons. The van der Waals surface area contributed by atoms with Gasteiger partial charge in [0.15, 0.2) is 9.84 Å². The zero-order valence-corrected chi connectivity index (χ0v) is 20.8. The van der Waals surface area contributed by atoms with E-state index < -0.39 is 63.5 Å². The number of anilines is 1. The van der Waals surface area contributed by atoms with Crippen molar-refractivity contribution in [2.45, 2.75) is 35.9 Å². The number of benzene rings is 2. The van der Waals surface area contributed by atoms with E-state index in [-0.39, 0.29) is 28.3 Å². The number of nitrogens with two attached hydrogens (primary N) is 1. The number of carbonyl (C=O) groups is 1. The van der Waals surface area contributed by atoms with Crippen molar-refractivity contribution in [2.75, 3.05) is 17.8 Å². The SMILES string of the molecule is COC(F)(c1nnc(-c2ccc3c(c2)N(Cc2ccc(OC(F)(F)F)cc2)C(=O)[C@@H](N)CS3(=O)=O)o1)C(F)(F)F. The van der Waals surface area contributed by atoms with Crippen LogP contribution < -0.4 is 15.4 Å². The summed E-state index contributed by atoms with van der Waals surface area (Å²) in [5.41, 5.74) is 5.55. The summed E-state index contributed by atoms with van der Waals surface area (Å²) in [6.07, 6.45) is -10.5. The Kier molecular flexibility index (Phi) is 7.31. The molecule has 2 heterocycles. The third-order valence-corrected chi connectivity index (χ3v) is 7.47. The number of hydrogen-bond acceptors (Lipinski definition) is 9. The number of halogens is 7. The number of nitrogens with zero attached hydrogens (tertiary/aromatic N) is 3. The zero-order valence-electron chi connectivity index (χ0n) is 20.0. The molecule has 2 aromatic carbocycles. The van der Waals surface area contributed by atoms with Crippen LogP contribution in [0.2, 0.25) is 0 Å². The van der Waals surface area contributed by atoms with Crippen LogP contribution >= 0.6 is 0 Å². The predicted molar refractivity (Wildman–Crippen MR) is 120 cm³/mol. The first kappa shape index (κ1) is 29.2. The summed E-state index contributed by atoms with van der Waals surface area (Å²) < 4.78 is 130. The first-order valence-corrected chi connectivity index (χ1v) is 12.5. The molecule has 0 aliphatic carbocycles. The van der Waals surface area contributed by atoms with Crippen molar-refractivity contribution in [2.24, 2.45) is 5.73 Å². The van der Waals surface area contributed by atoms with Gasteiger partial charge in [-0.3, -0.25) is 4.79 Å². The highest BCUT2D eigenvalue weighted by Crippen LogP contribution is 2.43. The summed E-state index contributed by atoms with van der Waals surface area (Å²) >= 11 is 0. The summed E-state index contributed by atoms with van der Waals surface area (Å²) in [6.45, 7) is -0.384. The molecule has 3 aromatic rings. The van der Waals surface area contributed by atoms with Gasteiger partial charge >= 0.3 is 18.4 Å². The second kappa shape index (κ2) is 10.0. The number of alkyl halides is 7. The van der Waals surface area contributed by atoms with E-state index in [0.717, 1.165) is 35.2 Å². The van der Waals surface area contributed by atoms with Gasteiger partial charge in [-0.15, -0.1) is 23.4 Å². The molecular weight excluding hydrogens is 581 g/mol. The molecule has 0 saturated carbocycles. The lowest BCUT2D eigenvalue weighted by Gasteiger charge is -2.24. The van der Waals surface area contributed by atoms with Gasteiger partial charge in [-0.05, 0) is 35.9 Å². The molecule has 1 amide bonds. The largest absolute Gasteiger partial charge is 0.573 e. The van der Waals surface area contributed by atoms with Crippen molar-refractivity contribution in [1.29, 1.82) is 0 Å². The highest BCUT2D eigenvalue weighted by molar-refractivity contribution is 7.91. The van der Waals surface area contributed by atoms with Gasteiger partial charge in [-0.2, -0.15) is 17.6 Å². The number of rotatable bonds is 6. The Morgan fingerprint density at radius 2 is 1.70 bits per heavy atom. The van der Waals surface area contributed by atoms with Gasteiger partial charge in [0.05, 0.1) is 28.9 Å². The van der Waals surface area contributed by atoms with Crippen molar-refractivity contribution in [3.8, 4) is 17.2 Å². The van der Waals surface area contributed by atoms with Crippen molar-refractivity contribution < 1.29 is 57.8 Å². The predicted octanol–water partition coefficient (Wildman–Crippen LogP) is 3.61. The van der Waals surface area contributed by atoms with Crippen LogP contribution in [-0.2, 0) is 31.8 Å². The third-order valence-electron chi connectivity index (χ3n) is 5.66. The van der Waals surface area contributed by atoms with Gasteiger partial charge in [-0.1, -0.05) is 12.1 Å². The van der Waals surface area contributed by atoms with E-state index in [1.807, 2.05) is 0 Å². The van der Waals surface area contributed by atoms with Crippen molar-refractivity contribution >= 4 is 21.4 Å². The summed E-state index contributed by atoms with van der Waals surface area (Å²) in [5.74, 6) is -8.93. The van der Waals surface area contributed by atoms with Crippen LogP contribution in [-0.4, -0.2) is 56.0 Å². The minimum atomic E-state index is -5.59. The van der Waals surface area contributed by atoms with E-state index in [1.54, 1.807) is 0 Å². The molecule has 1 aliphatic heterocycles. The van der Waals surface area contributed by atoms with Crippen molar-refractivity contribution in [3.05, 3.63) is 53.9 Å². The van der Waals surface area contributed by atoms with E-state index in [2.05, 4.69) is 19.7 Å². The molecule has 0 bridgehead atoms. The average molecular weight is 598 g/mol. The molecule has 1 aromatic heterocycles. The van der Waals surface area contributed by atoms with E-state index in [4.69, 9.17) is 10.2 Å². The molecule has 216 valence electrons. The standard InChI is InChI=1S/C22H17F7N4O6S/c1-37-20(23,21(24,25)26)19-32-31-17(38-19)12-4-7-16-15(8-12)33(18(34)14(30)10-40(16,35)36)9-11-2-5-13(6-3-11)39-22(27,28)29/h2-8,14H,9-10,30H2,1H3/t14-,20?/m0/s1. The topological polar surface area (TPSA) is 138 Å². The number of sulfone groups is 1. The quantitative estimate of drug-likeness (QED) is 0.422. The Morgan fingerprint density at radius 3 is 2.27 bits per heavy atom. The minimum Gasteiger partial charge on any atom is -0.415 e. The zero-order chi connectivity index (χ0) is 29.7. The fraction of sp³-hybridized carbons (Fsp3) is 0.318. The lowest BCUT2D eigenvalue weighted by atomic mass is 10.1. The molecule has 2 N–H and O–H groups in total. The highest BCUT2D eigenvalue weighted by Gasteiger charge is 2.62. The third kappa shape index (κ3) is 5.59. The summed E-state index contributed by atoms with van der Waals surface area (Å²) in [6, 6.07) is 5.91. The van der Waals surface area contributed by atoms with Crippen LogP contribution in [0, 0.1) is 0 Å². The minimum absolute atomic E-state index is 0.199. The average Bonchev–Trinajstić information content (AvgIpc) is 3.34. The second-order valence-electron chi connectivity index (χ2n) is 8.40. The van der Waals surface area contributed by atoms with Crippen molar-refractivity contribution in [1.82, 2.24) is 10.2 Å². The first-order valence-electron chi connectivity index (χ1n) is 10.9. The molecule has 0 fully saturated rings. The fourth-order valence-electron chi connectivity index (χ4n) is 3.78. The molecule has 0 spiro atoms. The second-order valence-corrected chi connectivity index (χ2v) is 10.4. The number of amides is 1. The lowest BCUT2D eigenvalue weighted by molar-refractivity contribution is -0.341. The molecule has 18 heteroatoms. The van der Waals surface area contributed by atoms with E-state index in [0.29, 0.717) is 7.11 Å². The van der Waals surface area contributed by atoms with Crippen LogP contribution in [0.1, 0.15) is 11.5 Å². The van der Waals surface area contributed by atoms with E-state index in [1.165, 1.54) is 12.1 Å². The van der Waals surface area contributed by atoms with E-state index in [9.17, 15) is 43.9 Å². The molecule has 0 saturated heterocycles. The Bertz CT molecular complexity index is 1530. The number of methoxy groups -OCH3 is 1. The van der Waals surface area contributed by atoms with Crippen LogP contribution in [0.15, 0.2) is 51.8 Å². The number of carbonyl (C=O) groups excluding carboxylic acids is 1. The van der Waals surface area contributed by atoms with Crippen LogP contribution in [0.5, 0.6) is 5.75 Å². The molecule has 2 atom stereocenters. The lowest BCUT2D eigenvalue weighted by Crippen LogP contribution is -2.45. The number of aromatic nitrogens is 2. The Hall–Kier alpha value is -3.77. The molecule has 1 unspecified atom stereocenters. The normalized spacial score (nSPS) is 19.1. The maximum Gasteiger partial charge on any atom is 0.573 e. The Balaban J connectivity index is 1.77. The van der Waals surface area contributed by atoms with Gasteiger partial charge in [-0.25, -0.2) is 8.42 Å². The number of ether oxygens (including phenoxy) is 2. The summed E-state index contributed by atoms with van der Waals surface area (Å²) in [4.78, 5) is 13.6. The Labute approximate surface area is 220 Å². The maximum absolute atomic E-state index is 14.5. The van der Waals surface area contributed by atoms with Gasteiger partial charge < -0.3 is 24.5 Å². The smallest absolute Gasteiger partial charge is 0.415 e. The monoisotopic (exact) mass is 598 g/mol.